The molecule has 0 aromatic rings. The van der Waals surface area contributed by atoms with Crippen LogP contribution < -0.4 is 5.32 Å². The molecule has 12 heavy (non-hydrogen) atoms. The zero-order chi connectivity index (χ0) is 9.19. The lowest BCUT2D eigenvalue weighted by molar-refractivity contribution is -0.127. The number of rotatable bonds is 2. The SMILES string of the molecule is CCNC(=O)C1CCCC1(C)C. The van der Waals surface area contributed by atoms with Gasteiger partial charge in [-0.25, -0.2) is 0 Å². The molecule has 1 atom stereocenters. The molecule has 1 N–H and O–H groups in total. The highest BCUT2D eigenvalue weighted by atomic mass is 16.1. The summed E-state index contributed by atoms with van der Waals surface area (Å²) in [6.45, 7) is 7.12. The molecule has 0 aromatic heterocycles. The average molecular weight is 169 g/mol. The predicted octanol–water partition coefficient (Wildman–Crippen LogP) is 1.95. The average Bonchev–Trinajstić information content (AvgIpc) is 2.30. The second-order valence-corrected chi connectivity index (χ2v) is 4.33. The van der Waals surface area contributed by atoms with Gasteiger partial charge in [-0.05, 0) is 25.2 Å². The molecule has 1 fully saturated rings. The van der Waals surface area contributed by atoms with Gasteiger partial charge in [-0.3, -0.25) is 4.79 Å². The molecular weight excluding hydrogens is 150 g/mol. The van der Waals surface area contributed by atoms with Gasteiger partial charge in [-0.2, -0.15) is 0 Å². The normalized spacial score (nSPS) is 27.1. The molecular formula is C10H19NO. The van der Waals surface area contributed by atoms with E-state index in [1.807, 2.05) is 6.92 Å². The molecule has 2 heteroatoms. The quantitative estimate of drug-likeness (QED) is 0.672. The highest BCUT2D eigenvalue weighted by Crippen LogP contribution is 2.42. The summed E-state index contributed by atoms with van der Waals surface area (Å²) in [4.78, 5) is 11.5. The van der Waals surface area contributed by atoms with Gasteiger partial charge in [0, 0.05) is 12.5 Å². The first kappa shape index (κ1) is 9.56. The van der Waals surface area contributed by atoms with Crippen LogP contribution in [-0.2, 0) is 4.79 Å². The van der Waals surface area contributed by atoms with Crippen molar-refractivity contribution in [3.05, 3.63) is 0 Å². The molecule has 0 spiro atoms. The van der Waals surface area contributed by atoms with E-state index in [9.17, 15) is 4.79 Å². The fourth-order valence-corrected chi connectivity index (χ4v) is 2.11. The van der Waals surface area contributed by atoms with Gasteiger partial charge in [0.1, 0.15) is 0 Å². The van der Waals surface area contributed by atoms with Crippen molar-refractivity contribution in [3.63, 3.8) is 0 Å². The maximum absolute atomic E-state index is 11.5. The third-order valence-electron chi connectivity index (χ3n) is 2.92. The Bertz CT molecular complexity index is 175. The van der Waals surface area contributed by atoms with Crippen molar-refractivity contribution in [3.8, 4) is 0 Å². The molecule has 0 aromatic carbocycles. The molecule has 0 aliphatic heterocycles. The van der Waals surface area contributed by atoms with Crippen molar-refractivity contribution in [2.75, 3.05) is 6.54 Å². The fraction of sp³-hybridized carbons (Fsp3) is 0.900. The van der Waals surface area contributed by atoms with Crippen LogP contribution in [0.15, 0.2) is 0 Å². The third kappa shape index (κ3) is 1.79. The number of nitrogens with one attached hydrogen (secondary N) is 1. The molecule has 0 saturated heterocycles. The number of hydrogen-bond acceptors (Lipinski definition) is 1. The Labute approximate surface area is 74.7 Å². The van der Waals surface area contributed by atoms with Gasteiger partial charge in [0.25, 0.3) is 0 Å². The molecule has 1 rings (SSSR count). The van der Waals surface area contributed by atoms with Crippen molar-refractivity contribution in [1.82, 2.24) is 5.32 Å². The van der Waals surface area contributed by atoms with E-state index < -0.39 is 0 Å². The summed E-state index contributed by atoms with van der Waals surface area (Å²) in [5, 5.41) is 2.90. The first-order valence-corrected chi connectivity index (χ1v) is 4.85. The van der Waals surface area contributed by atoms with Gasteiger partial charge in [0.2, 0.25) is 5.91 Å². The topological polar surface area (TPSA) is 29.1 Å². The molecule has 0 bridgehead atoms. The summed E-state index contributed by atoms with van der Waals surface area (Å²) in [6.07, 6.45) is 3.46. The Morgan fingerprint density at radius 1 is 1.58 bits per heavy atom. The van der Waals surface area contributed by atoms with E-state index in [0.717, 1.165) is 13.0 Å². The van der Waals surface area contributed by atoms with Crippen molar-refractivity contribution in [2.24, 2.45) is 11.3 Å². The summed E-state index contributed by atoms with van der Waals surface area (Å²) < 4.78 is 0. The number of carbonyl (C=O) groups excluding carboxylic acids is 1. The molecule has 0 radical (unpaired) electrons. The number of hydrogen-bond donors (Lipinski definition) is 1. The van der Waals surface area contributed by atoms with E-state index in [1.54, 1.807) is 0 Å². The van der Waals surface area contributed by atoms with Crippen LogP contribution in [-0.4, -0.2) is 12.5 Å². The number of amides is 1. The van der Waals surface area contributed by atoms with E-state index in [1.165, 1.54) is 12.8 Å². The van der Waals surface area contributed by atoms with E-state index in [-0.39, 0.29) is 17.2 Å². The van der Waals surface area contributed by atoms with Crippen LogP contribution >= 0.6 is 0 Å². The molecule has 0 heterocycles. The van der Waals surface area contributed by atoms with Crippen LogP contribution in [0.1, 0.15) is 40.0 Å². The van der Waals surface area contributed by atoms with Gasteiger partial charge in [0.05, 0.1) is 0 Å². The Morgan fingerprint density at radius 3 is 2.67 bits per heavy atom. The minimum atomic E-state index is 0.221. The lowest BCUT2D eigenvalue weighted by Gasteiger charge is -2.25. The Morgan fingerprint density at radius 2 is 2.25 bits per heavy atom. The van der Waals surface area contributed by atoms with Crippen LogP contribution in [0.25, 0.3) is 0 Å². The van der Waals surface area contributed by atoms with E-state index in [4.69, 9.17) is 0 Å². The van der Waals surface area contributed by atoms with Crippen LogP contribution in [0.3, 0.4) is 0 Å². The van der Waals surface area contributed by atoms with Crippen molar-refractivity contribution < 1.29 is 4.79 Å². The van der Waals surface area contributed by atoms with Crippen molar-refractivity contribution >= 4 is 5.91 Å². The van der Waals surface area contributed by atoms with Gasteiger partial charge in [-0.15, -0.1) is 0 Å². The van der Waals surface area contributed by atoms with E-state index in [0.29, 0.717) is 0 Å². The summed E-state index contributed by atoms with van der Waals surface area (Å²) in [5.41, 5.74) is 0.221. The zero-order valence-corrected chi connectivity index (χ0v) is 8.31. The van der Waals surface area contributed by atoms with Crippen LogP contribution in [0, 0.1) is 11.3 Å². The fourth-order valence-electron chi connectivity index (χ4n) is 2.11. The minimum absolute atomic E-state index is 0.221. The molecule has 1 amide bonds. The van der Waals surface area contributed by atoms with Crippen molar-refractivity contribution in [1.29, 1.82) is 0 Å². The summed E-state index contributed by atoms with van der Waals surface area (Å²) in [5.74, 6) is 0.498. The second kappa shape index (κ2) is 3.46. The first-order valence-electron chi connectivity index (χ1n) is 4.85. The summed E-state index contributed by atoms with van der Waals surface area (Å²) >= 11 is 0. The molecule has 1 aliphatic rings. The van der Waals surface area contributed by atoms with E-state index in [2.05, 4.69) is 19.2 Å². The standard InChI is InChI=1S/C10H19NO/c1-4-11-9(12)8-6-5-7-10(8,2)3/h8H,4-7H2,1-3H3,(H,11,12). The predicted molar refractivity (Wildman–Crippen MR) is 49.8 cm³/mol. The zero-order valence-electron chi connectivity index (χ0n) is 8.31. The largest absolute Gasteiger partial charge is 0.356 e. The Balaban J connectivity index is 2.56. The van der Waals surface area contributed by atoms with Crippen molar-refractivity contribution in [2.45, 2.75) is 40.0 Å². The highest BCUT2D eigenvalue weighted by molar-refractivity contribution is 5.79. The van der Waals surface area contributed by atoms with Gasteiger partial charge >= 0.3 is 0 Å². The molecule has 1 unspecified atom stereocenters. The van der Waals surface area contributed by atoms with Gasteiger partial charge < -0.3 is 5.32 Å². The second-order valence-electron chi connectivity index (χ2n) is 4.33. The lowest BCUT2D eigenvalue weighted by Crippen LogP contribution is -2.35. The van der Waals surface area contributed by atoms with Gasteiger partial charge in [-0.1, -0.05) is 20.3 Å². The molecule has 1 saturated carbocycles. The lowest BCUT2D eigenvalue weighted by atomic mass is 9.81. The smallest absolute Gasteiger partial charge is 0.223 e. The maximum atomic E-state index is 11.5. The first-order chi connectivity index (χ1) is 5.58. The summed E-state index contributed by atoms with van der Waals surface area (Å²) in [6, 6.07) is 0. The maximum Gasteiger partial charge on any atom is 0.223 e. The molecule has 2 nitrogen and oxygen atoms in total. The van der Waals surface area contributed by atoms with Gasteiger partial charge in [0.15, 0.2) is 0 Å². The highest BCUT2D eigenvalue weighted by Gasteiger charge is 2.38. The Hall–Kier alpha value is -0.530. The minimum Gasteiger partial charge on any atom is -0.356 e. The molecule has 70 valence electrons. The Kier molecular flexibility index (Phi) is 2.76. The van der Waals surface area contributed by atoms with Crippen LogP contribution in [0.5, 0.6) is 0 Å². The molecule has 1 aliphatic carbocycles. The third-order valence-corrected chi connectivity index (χ3v) is 2.92. The van der Waals surface area contributed by atoms with Crippen LogP contribution in [0.4, 0.5) is 0 Å². The van der Waals surface area contributed by atoms with E-state index >= 15 is 0 Å². The van der Waals surface area contributed by atoms with Crippen LogP contribution in [0.2, 0.25) is 0 Å². The number of carbonyl (C=O) groups is 1. The summed E-state index contributed by atoms with van der Waals surface area (Å²) in [7, 11) is 0. The monoisotopic (exact) mass is 169 g/mol.